The van der Waals surface area contributed by atoms with Gasteiger partial charge in [-0.1, -0.05) is 69.3 Å². The molecule has 0 aromatic heterocycles. The molecule has 136 valence electrons. The van der Waals surface area contributed by atoms with Gasteiger partial charge < -0.3 is 0 Å². The molecule has 0 nitrogen and oxygen atoms in total. The first kappa shape index (κ1) is 18.5. The van der Waals surface area contributed by atoms with Crippen LogP contribution >= 0.6 is 22.6 Å². The fourth-order valence-corrected chi connectivity index (χ4v) is 4.91. The Hall–Kier alpha value is -1.87. The zero-order valence-corrected chi connectivity index (χ0v) is 18.6. The minimum Gasteiger partial charge on any atom is -0.0870 e. The summed E-state index contributed by atoms with van der Waals surface area (Å²) < 4.78 is 1.30. The minimum absolute atomic E-state index is 0.0327. The van der Waals surface area contributed by atoms with E-state index < -0.39 is 0 Å². The highest BCUT2D eigenvalue weighted by Gasteiger charge is 2.35. The highest BCUT2D eigenvalue weighted by molar-refractivity contribution is 14.1. The topological polar surface area (TPSA) is 0 Å². The normalized spacial score (nSPS) is 14.4. The second kappa shape index (κ2) is 6.94. The van der Waals surface area contributed by atoms with Crippen LogP contribution < -0.4 is 0 Å². The standard InChI is InChI=1S/C26H25I/c1-5-8-20-17(6-2)9-7-10-21(20)18-11-13-22-23-14-12-19(27)16-25(23)26(3,4)24(22)15-18/h5,7-16H,6H2,1-4H3/b8-5-. The van der Waals surface area contributed by atoms with Crippen LogP contribution in [0.4, 0.5) is 0 Å². The van der Waals surface area contributed by atoms with Crippen molar-refractivity contribution in [3.05, 3.63) is 86.5 Å². The maximum absolute atomic E-state index is 2.42. The van der Waals surface area contributed by atoms with E-state index in [1.54, 1.807) is 0 Å². The Morgan fingerprint density at radius 3 is 2.30 bits per heavy atom. The maximum atomic E-state index is 2.42. The third-order valence-corrected chi connectivity index (χ3v) is 6.53. The summed E-state index contributed by atoms with van der Waals surface area (Å²) in [6.07, 6.45) is 5.45. The molecule has 0 spiro atoms. The Morgan fingerprint density at radius 2 is 1.59 bits per heavy atom. The molecule has 1 heteroatoms. The summed E-state index contributed by atoms with van der Waals surface area (Å²) >= 11 is 2.42. The number of halogens is 1. The number of hydrogen-bond acceptors (Lipinski definition) is 0. The molecule has 3 aromatic carbocycles. The molecule has 0 bridgehead atoms. The molecule has 0 atom stereocenters. The van der Waals surface area contributed by atoms with Crippen molar-refractivity contribution in [1.29, 1.82) is 0 Å². The zero-order chi connectivity index (χ0) is 19.2. The maximum Gasteiger partial charge on any atom is 0.0159 e. The smallest absolute Gasteiger partial charge is 0.0159 e. The average Bonchev–Trinajstić information content (AvgIpc) is 2.89. The molecule has 0 N–H and O–H groups in total. The van der Waals surface area contributed by atoms with Crippen LogP contribution in [-0.2, 0) is 11.8 Å². The van der Waals surface area contributed by atoms with E-state index in [1.165, 1.54) is 48.1 Å². The van der Waals surface area contributed by atoms with Gasteiger partial charge in [0.15, 0.2) is 0 Å². The molecule has 1 aliphatic rings. The van der Waals surface area contributed by atoms with Crippen molar-refractivity contribution in [3.63, 3.8) is 0 Å². The van der Waals surface area contributed by atoms with Crippen LogP contribution in [0.5, 0.6) is 0 Å². The van der Waals surface area contributed by atoms with Crippen LogP contribution in [0.2, 0.25) is 0 Å². The summed E-state index contributed by atoms with van der Waals surface area (Å²) in [4.78, 5) is 0. The van der Waals surface area contributed by atoms with Crippen molar-refractivity contribution >= 4 is 28.7 Å². The van der Waals surface area contributed by atoms with Crippen molar-refractivity contribution in [2.75, 3.05) is 0 Å². The monoisotopic (exact) mass is 464 g/mol. The van der Waals surface area contributed by atoms with Crippen molar-refractivity contribution < 1.29 is 0 Å². The lowest BCUT2D eigenvalue weighted by Gasteiger charge is -2.22. The molecule has 0 fully saturated rings. The van der Waals surface area contributed by atoms with Gasteiger partial charge in [-0.15, -0.1) is 0 Å². The number of fused-ring (bicyclic) bond motifs is 3. The number of hydrogen-bond donors (Lipinski definition) is 0. The van der Waals surface area contributed by atoms with Gasteiger partial charge in [-0.25, -0.2) is 0 Å². The van der Waals surface area contributed by atoms with Gasteiger partial charge in [0.05, 0.1) is 0 Å². The van der Waals surface area contributed by atoms with Gasteiger partial charge in [-0.05, 0) is 98.6 Å². The van der Waals surface area contributed by atoms with Crippen molar-refractivity contribution in [2.24, 2.45) is 0 Å². The predicted octanol–water partition coefficient (Wildman–Crippen LogP) is 7.86. The lowest BCUT2D eigenvalue weighted by molar-refractivity contribution is 0.660. The van der Waals surface area contributed by atoms with E-state index in [0.29, 0.717) is 0 Å². The number of aryl methyl sites for hydroxylation is 1. The molecule has 0 saturated carbocycles. The molecule has 1 aliphatic carbocycles. The molecule has 0 radical (unpaired) electrons. The van der Waals surface area contributed by atoms with Crippen LogP contribution in [0.3, 0.4) is 0 Å². The van der Waals surface area contributed by atoms with Gasteiger partial charge in [0.2, 0.25) is 0 Å². The molecule has 4 rings (SSSR count). The van der Waals surface area contributed by atoms with E-state index in [-0.39, 0.29) is 5.41 Å². The van der Waals surface area contributed by atoms with Crippen LogP contribution in [0, 0.1) is 3.57 Å². The van der Waals surface area contributed by atoms with E-state index in [4.69, 9.17) is 0 Å². The SMILES string of the molecule is C/C=C\c1c(CC)cccc1-c1ccc2c(c1)C(C)(C)c1cc(I)ccc1-2. The largest absolute Gasteiger partial charge is 0.0870 e. The van der Waals surface area contributed by atoms with E-state index >= 15 is 0 Å². The lowest BCUT2D eigenvalue weighted by Crippen LogP contribution is -2.15. The summed E-state index contributed by atoms with van der Waals surface area (Å²) in [6.45, 7) is 9.04. The fourth-order valence-electron chi connectivity index (χ4n) is 4.41. The first-order valence-electron chi connectivity index (χ1n) is 9.67. The van der Waals surface area contributed by atoms with Gasteiger partial charge in [0.25, 0.3) is 0 Å². The van der Waals surface area contributed by atoms with Gasteiger partial charge in [0.1, 0.15) is 0 Å². The molecule has 0 saturated heterocycles. The molecule has 0 amide bonds. The van der Waals surface area contributed by atoms with Gasteiger partial charge >= 0.3 is 0 Å². The van der Waals surface area contributed by atoms with E-state index in [2.05, 4.69) is 117 Å². The first-order chi connectivity index (χ1) is 13.0. The second-order valence-electron chi connectivity index (χ2n) is 7.81. The molecule has 0 heterocycles. The Morgan fingerprint density at radius 1 is 0.889 bits per heavy atom. The second-order valence-corrected chi connectivity index (χ2v) is 9.05. The quantitative estimate of drug-likeness (QED) is 0.346. The summed E-state index contributed by atoms with van der Waals surface area (Å²) in [7, 11) is 0. The van der Waals surface area contributed by atoms with E-state index in [0.717, 1.165) is 6.42 Å². The Balaban J connectivity index is 1.92. The van der Waals surface area contributed by atoms with Crippen LogP contribution in [0.15, 0.2) is 60.7 Å². The van der Waals surface area contributed by atoms with Gasteiger partial charge in [-0.2, -0.15) is 0 Å². The number of allylic oxidation sites excluding steroid dienone is 1. The van der Waals surface area contributed by atoms with Crippen LogP contribution in [0.25, 0.3) is 28.3 Å². The van der Waals surface area contributed by atoms with Gasteiger partial charge in [0, 0.05) is 8.99 Å². The summed E-state index contributed by atoms with van der Waals surface area (Å²) in [5.41, 5.74) is 11.1. The molecular formula is C26H25I. The summed E-state index contributed by atoms with van der Waals surface area (Å²) in [6, 6.07) is 20.6. The molecule has 27 heavy (non-hydrogen) atoms. The fraction of sp³-hybridized carbons (Fsp3) is 0.231. The Labute approximate surface area is 176 Å². The molecule has 3 aromatic rings. The van der Waals surface area contributed by atoms with Crippen molar-refractivity contribution in [2.45, 2.75) is 39.5 Å². The van der Waals surface area contributed by atoms with Crippen LogP contribution in [-0.4, -0.2) is 0 Å². The number of rotatable bonds is 3. The third kappa shape index (κ3) is 2.97. The molecule has 0 unspecified atom stereocenters. The Kier molecular flexibility index (Phi) is 4.75. The third-order valence-electron chi connectivity index (χ3n) is 5.86. The van der Waals surface area contributed by atoms with Crippen molar-refractivity contribution in [3.8, 4) is 22.3 Å². The molecule has 0 aliphatic heterocycles. The van der Waals surface area contributed by atoms with Gasteiger partial charge in [-0.3, -0.25) is 0 Å². The number of benzene rings is 3. The van der Waals surface area contributed by atoms with Crippen LogP contribution in [0.1, 0.15) is 49.9 Å². The van der Waals surface area contributed by atoms with E-state index in [1.807, 2.05) is 0 Å². The van der Waals surface area contributed by atoms with Crippen molar-refractivity contribution in [1.82, 2.24) is 0 Å². The average molecular weight is 464 g/mol. The minimum atomic E-state index is 0.0327. The summed E-state index contributed by atoms with van der Waals surface area (Å²) in [5.74, 6) is 0. The molecular weight excluding hydrogens is 439 g/mol. The lowest BCUT2D eigenvalue weighted by atomic mass is 9.81. The summed E-state index contributed by atoms with van der Waals surface area (Å²) in [5, 5.41) is 0. The van der Waals surface area contributed by atoms with E-state index in [9.17, 15) is 0 Å². The highest BCUT2D eigenvalue weighted by atomic mass is 127. The Bertz CT molecular complexity index is 1050. The predicted molar refractivity (Wildman–Crippen MR) is 126 cm³/mol. The highest BCUT2D eigenvalue weighted by Crippen LogP contribution is 2.50. The zero-order valence-electron chi connectivity index (χ0n) is 16.4. The first-order valence-corrected chi connectivity index (χ1v) is 10.7.